The zero-order chi connectivity index (χ0) is 9.02. The lowest BCUT2D eigenvalue weighted by atomic mass is 9.98. The van der Waals surface area contributed by atoms with Crippen molar-refractivity contribution in [3.05, 3.63) is 10.6 Å². The van der Waals surface area contributed by atoms with Gasteiger partial charge in [0.2, 0.25) is 5.24 Å². The quantitative estimate of drug-likeness (QED) is 0.660. The fourth-order valence-electron chi connectivity index (χ4n) is 0.656. The SMILES string of the molecule is CC(C)C(C=C(Cl)Cl)C(=O)Cl. The maximum absolute atomic E-state index is 10.7. The molecule has 0 aromatic heterocycles. The maximum Gasteiger partial charge on any atom is 0.228 e. The summed E-state index contributed by atoms with van der Waals surface area (Å²) in [5.74, 6) is -0.269. The van der Waals surface area contributed by atoms with E-state index in [0.29, 0.717) is 0 Å². The predicted octanol–water partition coefficient (Wildman–Crippen LogP) is 3.34. The van der Waals surface area contributed by atoms with Crippen molar-refractivity contribution in [3.63, 3.8) is 0 Å². The number of halogens is 3. The molecule has 1 unspecified atom stereocenters. The van der Waals surface area contributed by atoms with Gasteiger partial charge in [-0.15, -0.1) is 0 Å². The summed E-state index contributed by atoms with van der Waals surface area (Å²) in [6.45, 7) is 3.75. The average Bonchev–Trinajstić information content (AvgIpc) is 1.81. The third-order valence-corrected chi connectivity index (χ3v) is 1.79. The van der Waals surface area contributed by atoms with Gasteiger partial charge >= 0.3 is 0 Å². The number of rotatable bonds is 3. The Bertz CT molecular complexity index is 171. The highest BCUT2D eigenvalue weighted by Crippen LogP contribution is 2.20. The van der Waals surface area contributed by atoms with E-state index in [9.17, 15) is 4.79 Å². The minimum Gasteiger partial charge on any atom is -0.281 e. The topological polar surface area (TPSA) is 17.1 Å². The molecule has 0 aliphatic heterocycles. The zero-order valence-corrected chi connectivity index (χ0v) is 8.54. The minimum absolute atomic E-state index is 0.0812. The van der Waals surface area contributed by atoms with Crippen LogP contribution in [0.3, 0.4) is 0 Å². The van der Waals surface area contributed by atoms with Crippen LogP contribution in [-0.2, 0) is 4.79 Å². The standard InChI is InChI=1S/C7H9Cl3O/c1-4(2)5(7(10)11)3-6(8)9/h3-5H,1-2H3. The first-order chi connectivity index (χ1) is 4.95. The summed E-state index contributed by atoms with van der Waals surface area (Å²) >= 11 is 16.0. The summed E-state index contributed by atoms with van der Waals surface area (Å²) in [5.41, 5.74) is 0. The van der Waals surface area contributed by atoms with Crippen LogP contribution in [0.1, 0.15) is 13.8 Å². The zero-order valence-electron chi connectivity index (χ0n) is 6.27. The Balaban J connectivity index is 4.36. The van der Waals surface area contributed by atoms with Crippen molar-refractivity contribution >= 4 is 40.0 Å². The van der Waals surface area contributed by atoms with Crippen molar-refractivity contribution in [2.75, 3.05) is 0 Å². The molecule has 0 spiro atoms. The van der Waals surface area contributed by atoms with E-state index in [1.807, 2.05) is 13.8 Å². The second-order valence-electron chi connectivity index (χ2n) is 2.53. The van der Waals surface area contributed by atoms with Gasteiger partial charge in [-0.3, -0.25) is 4.79 Å². The first-order valence-electron chi connectivity index (χ1n) is 3.17. The van der Waals surface area contributed by atoms with Crippen molar-refractivity contribution in [1.29, 1.82) is 0 Å². The maximum atomic E-state index is 10.7. The third kappa shape index (κ3) is 4.67. The van der Waals surface area contributed by atoms with E-state index in [4.69, 9.17) is 34.8 Å². The molecule has 0 aliphatic carbocycles. The summed E-state index contributed by atoms with van der Waals surface area (Å²) in [7, 11) is 0. The molecule has 4 heteroatoms. The van der Waals surface area contributed by atoms with Crippen LogP contribution in [0.25, 0.3) is 0 Å². The second kappa shape index (κ2) is 5.02. The number of carbonyl (C=O) groups excluding carboxylic acids is 1. The molecule has 0 aromatic carbocycles. The van der Waals surface area contributed by atoms with E-state index in [1.165, 1.54) is 6.08 Å². The van der Waals surface area contributed by atoms with Crippen LogP contribution in [0.5, 0.6) is 0 Å². The largest absolute Gasteiger partial charge is 0.281 e. The molecule has 1 nitrogen and oxygen atoms in total. The molecule has 0 saturated heterocycles. The number of hydrogen-bond donors (Lipinski definition) is 0. The van der Waals surface area contributed by atoms with Crippen LogP contribution in [0, 0.1) is 11.8 Å². The van der Waals surface area contributed by atoms with Crippen LogP contribution < -0.4 is 0 Å². The Morgan fingerprint density at radius 2 is 1.73 bits per heavy atom. The van der Waals surface area contributed by atoms with Gasteiger partial charge in [0, 0.05) is 0 Å². The van der Waals surface area contributed by atoms with Crippen LogP contribution in [0.15, 0.2) is 10.6 Å². The van der Waals surface area contributed by atoms with Crippen molar-refractivity contribution in [3.8, 4) is 0 Å². The summed E-state index contributed by atoms with van der Waals surface area (Å²) in [5, 5.41) is -0.432. The van der Waals surface area contributed by atoms with Crippen LogP contribution in [0.4, 0.5) is 0 Å². The van der Waals surface area contributed by atoms with E-state index < -0.39 is 5.24 Å². The first kappa shape index (κ1) is 11.3. The Morgan fingerprint density at radius 3 is 1.82 bits per heavy atom. The molecule has 0 heterocycles. The van der Waals surface area contributed by atoms with Gasteiger partial charge in [-0.05, 0) is 23.6 Å². The lowest BCUT2D eigenvalue weighted by molar-refractivity contribution is -0.114. The molecular weight excluding hydrogens is 206 g/mol. The summed E-state index contributed by atoms with van der Waals surface area (Å²) in [6.07, 6.45) is 1.45. The molecule has 11 heavy (non-hydrogen) atoms. The highest BCUT2D eigenvalue weighted by molar-refractivity contribution is 6.64. The Morgan fingerprint density at radius 1 is 1.27 bits per heavy atom. The van der Waals surface area contributed by atoms with Crippen LogP contribution in [0.2, 0.25) is 0 Å². The highest BCUT2D eigenvalue weighted by Gasteiger charge is 2.17. The number of carbonyl (C=O) groups is 1. The van der Waals surface area contributed by atoms with Gasteiger partial charge in [0.1, 0.15) is 4.49 Å². The van der Waals surface area contributed by atoms with E-state index in [0.717, 1.165) is 0 Å². The molecule has 0 rings (SSSR count). The molecule has 0 bridgehead atoms. The molecule has 64 valence electrons. The van der Waals surface area contributed by atoms with Crippen LogP contribution in [-0.4, -0.2) is 5.24 Å². The van der Waals surface area contributed by atoms with Gasteiger partial charge in [-0.25, -0.2) is 0 Å². The summed E-state index contributed by atoms with van der Waals surface area (Å²) < 4.78 is 0.0812. The van der Waals surface area contributed by atoms with E-state index in [2.05, 4.69) is 0 Å². The molecule has 0 N–H and O–H groups in total. The van der Waals surface area contributed by atoms with E-state index in [-0.39, 0.29) is 16.3 Å². The molecule has 0 amide bonds. The van der Waals surface area contributed by atoms with Gasteiger partial charge in [-0.1, -0.05) is 37.0 Å². The van der Waals surface area contributed by atoms with Gasteiger partial charge in [-0.2, -0.15) is 0 Å². The smallest absolute Gasteiger partial charge is 0.228 e. The van der Waals surface area contributed by atoms with E-state index >= 15 is 0 Å². The Labute approximate surface area is 81.3 Å². The average molecular weight is 216 g/mol. The lowest BCUT2D eigenvalue weighted by Crippen LogP contribution is -2.12. The van der Waals surface area contributed by atoms with Gasteiger partial charge in [0.05, 0.1) is 5.92 Å². The molecule has 0 aliphatic rings. The molecular formula is C7H9Cl3O. The Kier molecular flexibility index (Phi) is 5.15. The van der Waals surface area contributed by atoms with Crippen molar-refractivity contribution in [2.45, 2.75) is 13.8 Å². The predicted molar refractivity (Wildman–Crippen MR) is 49.0 cm³/mol. The number of hydrogen-bond acceptors (Lipinski definition) is 1. The van der Waals surface area contributed by atoms with Gasteiger partial charge in [0.15, 0.2) is 0 Å². The lowest BCUT2D eigenvalue weighted by Gasteiger charge is -2.10. The molecule has 1 atom stereocenters. The van der Waals surface area contributed by atoms with Gasteiger partial charge in [0.25, 0.3) is 0 Å². The van der Waals surface area contributed by atoms with Crippen molar-refractivity contribution in [1.82, 2.24) is 0 Å². The number of allylic oxidation sites excluding steroid dienone is 1. The minimum atomic E-state index is -0.432. The molecule has 0 saturated carbocycles. The second-order valence-corrected chi connectivity index (χ2v) is 3.91. The molecule has 0 aromatic rings. The normalized spacial score (nSPS) is 12.9. The summed E-state index contributed by atoms with van der Waals surface area (Å²) in [4.78, 5) is 10.7. The fourth-order valence-corrected chi connectivity index (χ4v) is 1.24. The first-order valence-corrected chi connectivity index (χ1v) is 4.30. The third-order valence-electron chi connectivity index (χ3n) is 1.29. The van der Waals surface area contributed by atoms with Gasteiger partial charge < -0.3 is 0 Å². The van der Waals surface area contributed by atoms with E-state index in [1.54, 1.807) is 0 Å². The molecule has 0 radical (unpaired) electrons. The Hall–Kier alpha value is 0.280. The van der Waals surface area contributed by atoms with Crippen molar-refractivity contribution < 1.29 is 4.79 Å². The highest BCUT2D eigenvalue weighted by atomic mass is 35.5. The molecule has 0 fully saturated rings. The van der Waals surface area contributed by atoms with Crippen LogP contribution >= 0.6 is 34.8 Å². The van der Waals surface area contributed by atoms with Crippen molar-refractivity contribution in [2.24, 2.45) is 11.8 Å². The summed E-state index contributed by atoms with van der Waals surface area (Å²) in [6, 6.07) is 0. The fraction of sp³-hybridized carbons (Fsp3) is 0.571. The monoisotopic (exact) mass is 214 g/mol.